The van der Waals surface area contributed by atoms with Crippen molar-refractivity contribution in [1.82, 2.24) is 10.4 Å². The van der Waals surface area contributed by atoms with Gasteiger partial charge in [0.15, 0.2) is 0 Å². The zero-order chi connectivity index (χ0) is 52.1. The topological polar surface area (TPSA) is 209 Å². The second-order valence-electron chi connectivity index (χ2n) is 13.0. The van der Waals surface area contributed by atoms with Gasteiger partial charge in [0.2, 0.25) is 5.91 Å². The number of rotatable bonds is 29. The predicted octanol–water partition coefficient (Wildman–Crippen LogP) is 13.0. The van der Waals surface area contributed by atoms with E-state index >= 15 is 0 Å². The summed E-state index contributed by atoms with van der Waals surface area (Å²) in [4.78, 5) is 58.1. The fourth-order valence-corrected chi connectivity index (χ4v) is 7.70. The van der Waals surface area contributed by atoms with Gasteiger partial charge in [0, 0.05) is 46.2 Å². The van der Waals surface area contributed by atoms with Gasteiger partial charge >= 0.3 is 5.97 Å². The van der Waals surface area contributed by atoms with E-state index in [4.69, 9.17) is 10.00 Å². The van der Waals surface area contributed by atoms with E-state index in [1.165, 1.54) is 52.7 Å². The number of hydroxylamine groups is 2. The number of alkyl halides is 6. The minimum absolute atomic E-state index is 0.0168. The molecule has 1 aliphatic heterocycles. The van der Waals surface area contributed by atoms with Gasteiger partial charge < -0.3 is 24.2 Å². The fourth-order valence-electron chi connectivity index (χ4n) is 3.21. The Kier molecular flexibility index (Phi) is 90.4. The fraction of sp³-hybridized carbons (Fsp3) is 0.814. The van der Waals surface area contributed by atoms with Crippen LogP contribution in [0.5, 0.6) is 0 Å². The molecule has 0 aromatic heterocycles. The van der Waals surface area contributed by atoms with Crippen LogP contribution in [0, 0.1) is 10.7 Å². The number of halogens is 6. The van der Waals surface area contributed by atoms with Crippen molar-refractivity contribution in [2.24, 2.45) is 0 Å². The summed E-state index contributed by atoms with van der Waals surface area (Å²) in [5, 5.41) is 13.3. The number of hydrogen-bond acceptors (Lipinski definition) is 14. The van der Waals surface area contributed by atoms with Crippen molar-refractivity contribution in [2.75, 3.05) is 63.6 Å². The molecule has 0 aromatic carbocycles. The minimum Gasteiger partial charge on any atom is -0.748 e. The first kappa shape index (κ1) is 81.6. The molecule has 0 aliphatic carbocycles. The van der Waals surface area contributed by atoms with E-state index in [-0.39, 0.29) is 30.9 Å². The summed E-state index contributed by atoms with van der Waals surface area (Å²) in [5.41, 5.74) is 0. The Morgan fingerprint density at radius 3 is 1.65 bits per heavy atom. The molecule has 1 aliphatic rings. The number of carbonyl (C=O) groups excluding carboxylic acids is 5. The molecule has 0 unspecified atom stereocenters. The largest absolute Gasteiger partial charge is 0.748 e. The molecule has 1 fully saturated rings. The van der Waals surface area contributed by atoms with E-state index in [1.54, 1.807) is 0 Å². The summed E-state index contributed by atoms with van der Waals surface area (Å²) in [7, 11) is -3.95. The van der Waals surface area contributed by atoms with Crippen LogP contribution in [0.3, 0.4) is 0 Å². The number of imide groups is 1. The maximum atomic E-state index is 11.2. The van der Waals surface area contributed by atoms with Crippen LogP contribution in [0.15, 0.2) is 12.3 Å². The number of nitrogens with zero attached hydrogens (tertiary/aromatic N) is 2. The Morgan fingerprint density at radius 2 is 1.27 bits per heavy atom. The van der Waals surface area contributed by atoms with E-state index < -0.39 is 27.9 Å². The molecule has 1 rings (SSSR count). The Labute approximate surface area is 492 Å². The van der Waals surface area contributed by atoms with Crippen LogP contribution < -0.4 is 5.32 Å². The first-order valence-electron chi connectivity index (χ1n) is 22.0. The summed E-state index contributed by atoms with van der Waals surface area (Å²) >= 11 is 19.0. The Morgan fingerprint density at radius 1 is 0.788 bits per heavy atom. The van der Waals surface area contributed by atoms with Crippen LogP contribution in [0.25, 0.3) is 0 Å². The summed E-state index contributed by atoms with van der Waals surface area (Å²) in [6.07, 6.45) is 16.6. The lowest BCUT2D eigenvalue weighted by Crippen LogP contribution is -2.31. The highest BCUT2D eigenvalue weighted by Gasteiger charge is 2.32. The summed E-state index contributed by atoms with van der Waals surface area (Å²) in [5.74, 6) is 0.544. The van der Waals surface area contributed by atoms with Crippen LogP contribution in [0.1, 0.15) is 150 Å². The van der Waals surface area contributed by atoms with E-state index in [9.17, 15) is 36.9 Å². The van der Waals surface area contributed by atoms with E-state index in [2.05, 4.69) is 190 Å². The second kappa shape index (κ2) is 73.1. The van der Waals surface area contributed by atoms with Crippen molar-refractivity contribution in [3.63, 3.8) is 0 Å². The van der Waals surface area contributed by atoms with Gasteiger partial charge in [-0.2, -0.15) is 17.9 Å². The molecule has 0 radical (unpaired) electrons. The monoisotopic (exact) mass is 1670 g/mol. The first-order chi connectivity index (χ1) is 31.4. The average Bonchev–Trinajstić information content (AvgIpc) is 3.59. The lowest BCUT2D eigenvalue weighted by atomic mass is 10.2. The van der Waals surface area contributed by atoms with Gasteiger partial charge in [-0.15, -0.1) is 5.06 Å². The zero-order valence-corrected chi connectivity index (χ0v) is 55.4. The summed E-state index contributed by atoms with van der Waals surface area (Å²) in [6, 6.07) is 0. The SMILES string of the molecule is C=C(C)OCCCI.CCCCCC(=O)ON1C(=O)CCC1=O.CCCCI.CCCCI.CCCCSC#N.O=C(CS)NCCCI.O=COCCCCI.O=S(=O)([O-])CCCCI. The molecule has 0 aromatic rings. The van der Waals surface area contributed by atoms with E-state index in [0.717, 1.165) is 100 Å². The molecule has 23 heteroatoms. The van der Waals surface area contributed by atoms with Crippen LogP contribution in [0.2, 0.25) is 0 Å². The Balaban J connectivity index is -0.000000124. The molecular weight excluding hydrogens is 1590 g/mol. The average molecular weight is 1670 g/mol. The normalized spacial score (nSPS) is 10.7. The number of amides is 3. The smallest absolute Gasteiger partial charge is 0.333 e. The van der Waals surface area contributed by atoms with E-state index in [0.29, 0.717) is 30.3 Å². The van der Waals surface area contributed by atoms with Crippen molar-refractivity contribution < 1.29 is 51.3 Å². The highest BCUT2D eigenvalue weighted by atomic mass is 127. The van der Waals surface area contributed by atoms with Crippen LogP contribution >= 0.6 is 160 Å². The summed E-state index contributed by atoms with van der Waals surface area (Å²) < 4.78 is 46.3. The highest BCUT2D eigenvalue weighted by molar-refractivity contribution is 14.1. The molecule has 66 heavy (non-hydrogen) atoms. The molecule has 0 bridgehead atoms. The second-order valence-corrected chi connectivity index (χ2v) is 22.2. The van der Waals surface area contributed by atoms with Gasteiger partial charge in [-0.05, 0) is 101 Å². The number of unbranched alkanes of at least 4 members (excludes halogenated alkanes) is 7. The number of carbonyl (C=O) groups is 5. The number of thiocyanates is 1. The van der Waals surface area contributed by atoms with Gasteiger partial charge in [-0.1, -0.05) is 202 Å². The standard InChI is InChI=1S/C10H15NO4.C6H11IO.C5H10INOS.C5H9IO2.C5H9NS.C4H9IO3S.2C4H9I/c1-2-3-4-5-10(14)15-11-8(12)6-7-9(11)13;1-6(2)8-5-3-4-7;6-2-1-3-7-5(8)4-9;6-3-1-2-4-8-5-7;1-2-3-4-7-5-6;5-3-1-2-4-9(6,7)8;2*1-2-3-4-5/h2-7H2,1H3;1,3-5H2,2H3;9H,1-4H2,(H,7,8);5H,1-4H2;2-4H2,1H3;1-4H2,(H,6,7,8);2*2-4H2,1H3/p-1. The minimum atomic E-state index is -3.95. The number of hydrogen-bond donors (Lipinski definition) is 2. The first-order valence-corrected chi connectivity index (χ1v) is 34.4. The number of thioether (sulfide) groups is 1. The van der Waals surface area contributed by atoms with Crippen molar-refractivity contribution in [3.05, 3.63) is 12.3 Å². The third-order valence-corrected chi connectivity index (χ3v) is 13.0. The van der Waals surface area contributed by atoms with Crippen LogP contribution in [0.4, 0.5) is 0 Å². The molecule has 0 spiro atoms. The van der Waals surface area contributed by atoms with Gasteiger partial charge in [0.25, 0.3) is 18.3 Å². The van der Waals surface area contributed by atoms with Crippen molar-refractivity contribution in [3.8, 4) is 5.40 Å². The quantitative estimate of drug-likeness (QED) is 0.00823. The number of nitriles is 1. The Bertz CT molecular complexity index is 1220. The van der Waals surface area contributed by atoms with Gasteiger partial charge in [0.05, 0.1) is 34.8 Å². The summed E-state index contributed by atoms with van der Waals surface area (Å²) in [6.45, 7) is 16.7. The maximum Gasteiger partial charge on any atom is 0.333 e. The van der Waals surface area contributed by atoms with Gasteiger partial charge in [0.1, 0.15) is 5.40 Å². The van der Waals surface area contributed by atoms with Gasteiger partial charge in [-0.3, -0.25) is 19.2 Å². The molecule has 14 nitrogen and oxygen atoms in total. The van der Waals surface area contributed by atoms with Gasteiger partial charge in [-0.25, -0.2) is 13.2 Å². The zero-order valence-electron chi connectivity index (χ0n) is 39.9. The number of ether oxygens (including phenoxy) is 2. The maximum absolute atomic E-state index is 11.2. The van der Waals surface area contributed by atoms with Crippen molar-refractivity contribution in [1.29, 1.82) is 5.26 Å². The third-order valence-electron chi connectivity index (χ3n) is 6.72. The Hall–Kier alpha value is 1.57. The molecule has 0 saturated carbocycles. The lowest BCUT2D eigenvalue weighted by molar-refractivity contribution is -0.197. The number of nitrogens with one attached hydrogen (secondary N) is 1. The molecule has 0 atom stereocenters. The predicted molar refractivity (Wildman–Crippen MR) is 329 cm³/mol. The third kappa shape index (κ3) is 91.8. The van der Waals surface area contributed by atoms with Crippen LogP contribution in [-0.4, -0.2) is 112 Å². The van der Waals surface area contributed by atoms with Crippen molar-refractivity contribution >= 4 is 200 Å². The molecule has 3 amide bonds. The molecule has 1 heterocycles. The number of allylic oxidation sites excluding steroid dienone is 1. The lowest BCUT2D eigenvalue weighted by Gasteiger charge is -2.12. The van der Waals surface area contributed by atoms with Crippen LogP contribution in [-0.2, 0) is 48.4 Å². The molecule has 394 valence electrons. The molecule has 1 saturated heterocycles. The van der Waals surface area contributed by atoms with Crippen molar-refractivity contribution in [2.45, 2.75) is 150 Å². The highest BCUT2D eigenvalue weighted by Crippen LogP contribution is 2.13. The number of thiol groups is 1. The molecular formula is C43H80I6N3O11S3-. The molecule has 1 N–H and O–H groups in total. The van der Waals surface area contributed by atoms with E-state index in [1.807, 2.05) is 19.2 Å².